The number of fused-ring (bicyclic) bond motifs is 5. The van der Waals surface area contributed by atoms with Gasteiger partial charge in [0.1, 0.15) is 5.78 Å². The van der Waals surface area contributed by atoms with E-state index in [1.807, 2.05) is 12.2 Å². The van der Waals surface area contributed by atoms with Crippen LogP contribution < -0.4 is 0 Å². The first-order valence-electron chi connectivity index (χ1n) is 4.18. The molecule has 1 aliphatic heterocycles. The molecule has 0 spiro atoms. The van der Waals surface area contributed by atoms with E-state index in [1.165, 1.54) is 0 Å². The maximum Gasteiger partial charge on any atom is 0.310 e. The van der Waals surface area contributed by atoms with Crippen LogP contribution in [0.15, 0.2) is 12.2 Å². The van der Waals surface area contributed by atoms with E-state index >= 15 is 0 Å². The van der Waals surface area contributed by atoms with Crippen LogP contribution >= 0.6 is 0 Å². The molecule has 0 aromatic carbocycles. The van der Waals surface area contributed by atoms with Crippen molar-refractivity contribution in [2.24, 2.45) is 23.7 Å². The molecule has 3 nitrogen and oxygen atoms in total. The summed E-state index contributed by atoms with van der Waals surface area (Å²) in [4.78, 5) is 22.6. The molecule has 1 heterocycles. The van der Waals surface area contributed by atoms with Crippen LogP contribution in [0, 0.1) is 23.7 Å². The Morgan fingerprint density at radius 3 is 2.75 bits per heavy atom. The third kappa shape index (κ3) is 0.510. The van der Waals surface area contributed by atoms with Crippen LogP contribution in [0.3, 0.4) is 0 Å². The second-order valence-corrected chi connectivity index (χ2v) is 3.66. The number of rotatable bonds is 0. The van der Waals surface area contributed by atoms with Gasteiger partial charge in [0.25, 0.3) is 0 Å². The van der Waals surface area contributed by atoms with Crippen LogP contribution in [-0.2, 0) is 14.3 Å². The Morgan fingerprint density at radius 1 is 1.25 bits per heavy atom. The summed E-state index contributed by atoms with van der Waals surface area (Å²) in [6, 6.07) is 0. The molecular weight excluding hydrogens is 156 g/mol. The minimum absolute atomic E-state index is 0.0218. The van der Waals surface area contributed by atoms with Gasteiger partial charge in [0, 0.05) is 11.8 Å². The van der Waals surface area contributed by atoms with E-state index in [9.17, 15) is 9.59 Å². The molecule has 0 radical (unpaired) electrons. The second kappa shape index (κ2) is 1.79. The Hall–Kier alpha value is -1.12. The molecule has 0 unspecified atom stereocenters. The molecule has 3 aliphatic rings. The van der Waals surface area contributed by atoms with Gasteiger partial charge in [-0.1, -0.05) is 12.2 Å². The summed E-state index contributed by atoms with van der Waals surface area (Å²) in [6.45, 7) is 0.445. The quantitative estimate of drug-likeness (QED) is 0.378. The van der Waals surface area contributed by atoms with Crippen LogP contribution in [0.2, 0.25) is 0 Å². The average Bonchev–Trinajstić information content (AvgIpc) is 2.66. The number of cyclic esters (lactones) is 1. The van der Waals surface area contributed by atoms with E-state index in [4.69, 9.17) is 4.74 Å². The van der Waals surface area contributed by atoms with Gasteiger partial charge in [-0.2, -0.15) is 0 Å². The first-order valence-corrected chi connectivity index (χ1v) is 4.18. The van der Waals surface area contributed by atoms with Crippen molar-refractivity contribution in [1.29, 1.82) is 0 Å². The van der Waals surface area contributed by atoms with Crippen molar-refractivity contribution in [2.45, 2.75) is 0 Å². The number of hydrogen-bond donors (Lipinski definition) is 0. The maximum atomic E-state index is 11.5. The Bertz CT molecular complexity index is 305. The van der Waals surface area contributed by atoms with Crippen molar-refractivity contribution in [1.82, 2.24) is 0 Å². The highest BCUT2D eigenvalue weighted by molar-refractivity contribution is 5.98. The minimum atomic E-state index is -0.176. The molecule has 3 rings (SSSR count). The fraction of sp³-hybridized carbons (Fsp3) is 0.556. The van der Waals surface area contributed by atoms with Gasteiger partial charge in [-0.15, -0.1) is 0 Å². The van der Waals surface area contributed by atoms with Gasteiger partial charge in [-0.25, -0.2) is 0 Å². The molecule has 4 atom stereocenters. The lowest BCUT2D eigenvalue weighted by Gasteiger charge is -2.12. The van der Waals surface area contributed by atoms with Crippen molar-refractivity contribution in [2.75, 3.05) is 6.61 Å². The monoisotopic (exact) mass is 164 g/mol. The average molecular weight is 164 g/mol. The summed E-state index contributed by atoms with van der Waals surface area (Å²) in [5, 5.41) is 0. The van der Waals surface area contributed by atoms with Crippen LogP contribution in [0.5, 0.6) is 0 Å². The number of ketones is 1. The van der Waals surface area contributed by atoms with E-state index < -0.39 is 0 Å². The van der Waals surface area contributed by atoms with Crippen LogP contribution in [0.25, 0.3) is 0 Å². The smallest absolute Gasteiger partial charge is 0.310 e. The fourth-order valence-corrected chi connectivity index (χ4v) is 2.59. The van der Waals surface area contributed by atoms with E-state index in [-0.39, 0.29) is 35.4 Å². The van der Waals surface area contributed by atoms with Gasteiger partial charge in [0.15, 0.2) is 0 Å². The zero-order valence-electron chi connectivity index (χ0n) is 6.40. The first kappa shape index (κ1) is 6.40. The number of ether oxygens (including phenoxy) is 1. The molecule has 12 heavy (non-hydrogen) atoms. The summed E-state index contributed by atoms with van der Waals surface area (Å²) < 4.78 is 4.92. The van der Waals surface area contributed by atoms with Crippen molar-refractivity contribution in [3.8, 4) is 0 Å². The molecule has 2 bridgehead atoms. The molecule has 0 aromatic rings. The molecule has 3 heteroatoms. The minimum Gasteiger partial charge on any atom is -0.465 e. The Morgan fingerprint density at radius 2 is 2.00 bits per heavy atom. The molecule has 0 aromatic heterocycles. The first-order chi connectivity index (χ1) is 5.79. The maximum absolute atomic E-state index is 11.5. The molecule has 0 amide bonds. The van der Waals surface area contributed by atoms with Gasteiger partial charge < -0.3 is 4.74 Å². The van der Waals surface area contributed by atoms with Crippen LogP contribution in [0.1, 0.15) is 0 Å². The van der Waals surface area contributed by atoms with E-state index in [1.54, 1.807) is 0 Å². The van der Waals surface area contributed by atoms with E-state index in [0.717, 1.165) is 0 Å². The van der Waals surface area contributed by atoms with E-state index in [0.29, 0.717) is 6.61 Å². The van der Waals surface area contributed by atoms with Gasteiger partial charge in [0.05, 0.1) is 18.4 Å². The number of allylic oxidation sites excluding steroid dienone is 2. The lowest BCUT2D eigenvalue weighted by atomic mass is 9.86. The summed E-state index contributed by atoms with van der Waals surface area (Å²) in [5.74, 6) is -0.124. The number of carbonyl (C=O) groups excluding carboxylic acids is 2. The highest BCUT2D eigenvalue weighted by Crippen LogP contribution is 2.48. The molecule has 0 N–H and O–H groups in total. The highest BCUT2D eigenvalue weighted by Gasteiger charge is 2.58. The van der Waals surface area contributed by atoms with Crippen LogP contribution in [-0.4, -0.2) is 18.4 Å². The van der Waals surface area contributed by atoms with Crippen molar-refractivity contribution in [3.05, 3.63) is 12.2 Å². The van der Waals surface area contributed by atoms with Gasteiger partial charge >= 0.3 is 5.97 Å². The predicted molar refractivity (Wildman–Crippen MR) is 39.1 cm³/mol. The Labute approximate surface area is 69.4 Å². The Kier molecular flexibility index (Phi) is 0.953. The van der Waals surface area contributed by atoms with Crippen molar-refractivity contribution < 1.29 is 14.3 Å². The third-order valence-corrected chi connectivity index (χ3v) is 3.18. The zero-order chi connectivity index (χ0) is 8.29. The molecule has 1 saturated carbocycles. The fourth-order valence-electron chi connectivity index (χ4n) is 2.59. The second-order valence-electron chi connectivity index (χ2n) is 3.66. The highest BCUT2D eigenvalue weighted by atomic mass is 16.5. The molecule has 1 saturated heterocycles. The molecule has 2 aliphatic carbocycles. The number of hydrogen-bond acceptors (Lipinski definition) is 3. The Balaban J connectivity index is 2.09. The standard InChI is InChI=1S/C9H8O3/c10-8-4-1-2-5(8)7-6(4)3-12-9(7)11/h1-2,4-7H,3H2/t4-,5+,6+,7-/m1/s1. The normalized spacial score (nSPS) is 48.3. The van der Waals surface area contributed by atoms with Gasteiger partial charge in [0.2, 0.25) is 0 Å². The topological polar surface area (TPSA) is 43.4 Å². The summed E-state index contributed by atoms with van der Waals surface area (Å²) in [7, 11) is 0. The lowest BCUT2D eigenvalue weighted by molar-refractivity contribution is -0.143. The third-order valence-electron chi connectivity index (χ3n) is 3.18. The lowest BCUT2D eigenvalue weighted by Crippen LogP contribution is -2.20. The largest absolute Gasteiger partial charge is 0.465 e. The number of Topliss-reactive ketones (excluding diaryl/α,β-unsaturated/α-hetero) is 1. The van der Waals surface area contributed by atoms with Crippen LogP contribution in [0.4, 0.5) is 0 Å². The molecule has 62 valence electrons. The summed E-state index contributed by atoms with van der Waals surface area (Å²) >= 11 is 0. The van der Waals surface area contributed by atoms with Gasteiger partial charge in [-0.05, 0) is 0 Å². The predicted octanol–water partition coefficient (Wildman–Crippen LogP) is 0.161. The summed E-state index contributed by atoms with van der Waals surface area (Å²) in [5.41, 5.74) is 0. The zero-order valence-corrected chi connectivity index (χ0v) is 6.40. The van der Waals surface area contributed by atoms with Crippen molar-refractivity contribution in [3.63, 3.8) is 0 Å². The SMILES string of the molecule is O=C1OC[C@@H]2[C@H]1[C@@H]1C=C[C@H]2C1=O. The van der Waals surface area contributed by atoms with Crippen molar-refractivity contribution >= 4 is 11.8 Å². The molecular formula is C9H8O3. The number of esters is 1. The number of carbonyl (C=O) groups is 2. The summed E-state index contributed by atoms with van der Waals surface area (Å²) in [6.07, 6.45) is 3.79. The van der Waals surface area contributed by atoms with E-state index in [2.05, 4.69) is 0 Å². The molecule has 2 fully saturated rings. The van der Waals surface area contributed by atoms with Gasteiger partial charge in [-0.3, -0.25) is 9.59 Å².